The number of piperazine rings is 1. The third-order valence-electron chi connectivity index (χ3n) is 3.68. The lowest BCUT2D eigenvalue weighted by molar-refractivity contribution is 0.0618. The highest BCUT2D eigenvalue weighted by atomic mass is 35.5. The van der Waals surface area contributed by atoms with E-state index in [9.17, 15) is 4.79 Å². The Labute approximate surface area is 133 Å². The average molecular weight is 321 g/mol. The molecule has 2 heterocycles. The topological polar surface area (TPSA) is 62.5 Å². The Balaban J connectivity index is 1.55. The molecule has 1 aromatic heterocycles. The number of amides is 1. The lowest BCUT2D eigenvalue weighted by Gasteiger charge is -2.34. The van der Waals surface area contributed by atoms with Crippen molar-refractivity contribution in [2.45, 2.75) is 13.5 Å². The van der Waals surface area contributed by atoms with E-state index >= 15 is 0 Å². The molecule has 7 heteroatoms. The molecule has 116 valence electrons. The Morgan fingerprint density at radius 3 is 2.45 bits per heavy atom. The van der Waals surface area contributed by atoms with Gasteiger partial charge in [-0.3, -0.25) is 9.69 Å². The molecule has 22 heavy (non-hydrogen) atoms. The molecule has 2 aromatic rings. The van der Waals surface area contributed by atoms with Gasteiger partial charge in [0.2, 0.25) is 11.8 Å². The van der Waals surface area contributed by atoms with Crippen molar-refractivity contribution in [2.75, 3.05) is 26.2 Å². The Morgan fingerprint density at radius 1 is 1.18 bits per heavy atom. The quantitative estimate of drug-likeness (QED) is 0.865. The zero-order valence-electron chi connectivity index (χ0n) is 12.3. The summed E-state index contributed by atoms with van der Waals surface area (Å²) < 4.78 is 5.38. The normalized spacial score (nSPS) is 16.0. The molecule has 0 bridgehead atoms. The van der Waals surface area contributed by atoms with Crippen LogP contribution in [0.2, 0.25) is 5.02 Å². The third kappa shape index (κ3) is 3.45. The van der Waals surface area contributed by atoms with E-state index in [-0.39, 0.29) is 5.91 Å². The molecule has 1 fully saturated rings. The van der Waals surface area contributed by atoms with Crippen molar-refractivity contribution in [1.82, 2.24) is 20.0 Å². The van der Waals surface area contributed by atoms with Crippen molar-refractivity contribution in [2.24, 2.45) is 0 Å². The van der Waals surface area contributed by atoms with Gasteiger partial charge >= 0.3 is 0 Å². The standard InChI is InChI=1S/C15H17ClN4O2/c1-11-17-18-14(22-11)10-19-6-8-20(9-7-19)15(21)12-2-4-13(16)5-3-12/h2-5H,6-10H2,1H3. The zero-order valence-corrected chi connectivity index (χ0v) is 13.1. The number of nitrogens with zero attached hydrogens (tertiary/aromatic N) is 4. The fourth-order valence-electron chi connectivity index (χ4n) is 2.48. The van der Waals surface area contributed by atoms with Crippen molar-refractivity contribution in [3.8, 4) is 0 Å². The van der Waals surface area contributed by atoms with Gasteiger partial charge in [0.1, 0.15) is 0 Å². The molecule has 0 aliphatic carbocycles. The summed E-state index contributed by atoms with van der Waals surface area (Å²) in [6.07, 6.45) is 0. The minimum atomic E-state index is 0.0463. The summed E-state index contributed by atoms with van der Waals surface area (Å²) in [5, 5.41) is 8.46. The van der Waals surface area contributed by atoms with E-state index in [1.165, 1.54) is 0 Å². The van der Waals surface area contributed by atoms with E-state index in [0.717, 1.165) is 13.1 Å². The summed E-state index contributed by atoms with van der Waals surface area (Å²) in [5.74, 6) is 1.24. The second kappa shape index (κ2) is 6.46. The van der Waals surface area contributed by atoms with E-state index in [0.29, 0.717) is 42.0 Å². The van der Waals surface area contributed by atoms with Gasteiger partial charge in [0.05, 0.1) is 6.54 Å². The molecule has 0 spiro atoms. The molecule has 3 rings (SSSR count). The molecule has 1 aliphatic rings. The lowest BCUT2D eigenvalue weighted by Crippen LogP contribution is -2.48. The van der Waals surface area contributed by atoms with Gasteiger partial charge in [-0.15, -0.1) is 10.2 Å². The van der Waals surface area contributed by atoms with Crippen LogP contribution in [0, 0.1) is 6.92 Å². The van der Waals surface area contributed by atoms with E-state index in [2.05, 4.69) is 15.1 Å². The van der Waals surface area contributed by atoms with Gasteiger partial charge in [0.25, 0.3) is 5.91 Å². The highest BCUT2D eigenvalue weighted by molar-refractivity contribution is 6.30. The van der Waals surface area contributed by atoms with E-state index in [1.54, 1.807) is 31.2 Å². The molecular formula is C15H17ClN4O2. The van der Waals surface area contributed by atoms with Gasteiger partial charge in [-0.05, 0) is 24.3 Å². The van der Waals surface area contributed by atoms with Crippen LogP contribution < -0.4 is 0 Å². The van der Waals surface area contributed by atoms with Crippen molar-refractivity contribution in [3.63, 3.8) is 0 Å². The Bertz CT molecular complexity index is 648. The van der Waals surface area contributed by atoms with Crippen LogP contribution in [0.1, 0.15) is 22.1 Å². The summed E-state index contributed by atoms with van der Waals surface area (Å²) in [7, 11) is 0. The van der Waals surface area contributed by atoms with Gasteiger partial charge in [0.15, 0.2) is 0 Å². The molecule has 0 atom stereocenters. The molecule has 1 saturated heterocycles. The monoisotopic (exact) mass is 320 g/mol. The van der Waals surface area contributed by atoms with E-state index in [1.807, 2.05) is 4.90 Å². The molecule has 1 amide bonds. The SMILES string of the molecule is Cc1nnc(CN2CCN(C(=O)c3ccc(Cl)cc3)CC2)o1. The number of halogens is 1. The molecular weight excluding hydrogens is 304 g/mol. The minimum absolute atomic E-state index is 0.0463. The van der Waals surface area contributed by atoms with Crippen molar-refractivity contribution in [3.05, 3.63) is 46.6 Å². The molecule has 0 N–H and O–H groups in total. The second-order valence-corrected chi connectivity index (χ2v) is 5.73. The second-order valence-electron chi connectivity index (χ2n) is 5.29. The highest BCUT2D eigenvalue weighted by Gasteiger charge is 2.23. The van der Waals surface area contributed by atoms with Crippen LogP contribution >= 0.6 is 11.6 Å². The molecule has 0 unspecified atom stereocenters. The van der Waals surface area contributed by atoms with Crippen LogP contribution in [-0.4, -0.2) is 52.1 Å². The maximum absolute atomic E-state index is 12.4. The van der Waals surface area contributed by atoms with E-state index < -0.39 is 0 Å². The van der Waals surface area contributed by atoms with Gasteiger partial charge in [-0.25, -0.2) is 0 Å². The molecule has 0 saturated carbocycles. The van der Waals surface area contributed by atoms with Crippen molar-refractivity contribution >= 4 is 17.5 Å². The van der Waals surface area contributed by atoms with Crippen molar-refractivity contribution in [1.29, 1.82) is 0 Å². The Hall–Kier alpha value is -1.92. The first-order valence-electron chi connectivity index (χ1n) is 7.18. The Kier molecular flexibility index (Phi) is 4.40. The van der Waals surface area contributed by atoms with Gasteiger partial charge in [0, 0.05) is 43.7 Å². The summed E-state index contributed by atoms with van der Waals surface area (Å²) in [6, 6.07) is 7.00. The largest absolute Gasteiger partial charge is 0.424 e. The smallest absolute Gasteiger partial charge is 0.253 e. The molecule has 1 aliphatic heterocycles. The number of benzene rings is 1. The predicted octanol–water partition coefficient (Wildman–Crippen LogP) is 1.99. The van der Waals surface area contributed by atoms with Gasteiger partial charge < -0.3 is 9.32 Å². The molecule has 0 radical (unpaired) electrons. The summed E-state index contributed by atoms with van der Waals surface area (Å²) in [5.41, 5.74) is 0.672. The lowest BCUT2D eigenvalue weighted by atomic mass is 10.2. The first-order chi connectivity index (χ1) is 10.6. The fraction of sp³-hybridized carbons (Fsp3) is 0.400. The fourth-order valence-corrected chi connectivity index (χ4v) is 2.60. The third-order valence-corrected chi connectivity index (χ3v) is 3.93. The average Bonchev–Trinajstić information content (AvgIpc) is 2.93. The summed E-state index contributed by atoms with van der Waals surface area (Å²) >= 11 is 5.85. The highest BCUT2D eigenvalue weighted by Crippen LogP contribution is 2.14. The number of hydrogen-bond acceptors (Lipinski definition) is 5. The van der Waals surface area contributed by atoms with Crippen LogP contribution in [0.25, 0.3) is 0 Å². The number of aryl methyl sites for hydroxylation is 1. The Morgan fingerprint density at radius 2 is 1.86 bits per heavy atom. The van der Waals surface area contributed by atoms with Crippen LogP contribution in [0.4, 0.5) is 0 Å². The predicted molar refractivity (Wildman–Crippen MR) is 81.7 cm³/mol. The first kappa shape index (κ1) is 15.0. The number of carbonyl (C=O) groups excluding carboxylic acids is 1. The van der Waals surface area contributed by atoms with Crippen LogP contribution in [-0.2, 0) is 6.54 Å². The molecule has 6 nitrogen and oxygen atoms in total. The first-order valence-corrected chi connectivity index (χ1v) is 7.56. The zero-order chi connectivity index (χ0) is 15.5. The maximum atomic E-state index is 12.4. The minimum Gasteiger partial charge on any atom is -0.424 e. The van der Waals surface area contributed by atoms with Crippen LogP contribution in [0.5, 0.6) is 0 Å². The van der Waals surface area contributed by atoms with Gasteiger partial charge in [-0.2, -0.15) is 0 Å². The summed E-state index contributed by atoms with van der Waals surface area (Å²) in [4.78, 5) is 16.5. The maximum Gasteiger partial charge on any atom is 0.253 e. The van der Waals surface area contributed by atoms with Gasteiger partial charge in [-0.1, -0.05) is 11.6 Å². The number of rotatable bonds is 3. The van der Waals surface area contributed by atoms with Crippen LogP contribution in [0.15, 0.2) is 28.7 Å². The summed E-state index contributed by atoms with van der Waals surface area (Å²) in [6.45, 7) is 5.37. The van der Waals surface area contributed by atoms with Crippen LogP contribution in [0.3, 0.4) is 0 Å². The number of aromatic nitrogens is 2. The molecule has 1 aromatic carbocycles. The van der Waals surface area contributed by atoms with E-state index in [4.69, 9.17) is 16.0 Å². The number of hydrogen-bond donors (Lipinski definition) is 0. The van der Waals surface area contributed by atoms with Crippen molar-refractivity contribution < 1.29 is 9.21 Å². The number of carbonyl (C=O) groups is 1.